The van der Waals surface area contributed by atoms with Gasteiger partial charge in [-0.1, -0.05) is 29.8 Å². The molecule has 0 aromatic heterocycles. The summed E-state index contributed by atoms with van der Waals surface area (Å²) in [6.07, 6.45) is -1.54. The van der Waals surface area contributed by atoms with Gasteiger partial charge in [0, 0.05) is 19.5 Å². The predicted molar refractivity (Wildman–Crippen MR) is 137 cm³/mol. The Bertz CT molecular complexity index is 978. The molecule has 2 aliphatic rings. The summed E-state index contributed by atoms with van der Waals surface area (Å²) in [4.78, 5) is 43.8. The molecule has 2 aliphatic heterocycles. The summed E-state index contributed by atoms with van der Waals surface area (Å²) in [6, 6.07) is 4.59. The maximum atomic E-state index is 14.0. The number of carbonyl (C=O) groups is 3. The molecule has 11 nitrogen and oxygen atoms in total. The van der Waals surface area contributed by atoms with Crippen LogP contribution in [0.1, 0.15) is 50.7 Å². The molecule has 7 unspecified atom stereocenters. The first-order valence-corrected chi connectivity index (χ1v) is 12.9. The SMILES string of the molecule is Cc1cccc(CC2(C(=O)NC(C(C)O)C(N)O)CCCN2C(=O)C2CCCN2C(=O)C(N)C(C)O)c1. The molecule has 0 spiro atoms. The monoisotopic (exact) mass is 519 g/mol. The molecule has 1 aromatic rings. The van der Waals surface area contributed by atoms with Crippen molar-refractivity contribution < 1.29 is 29.7 Å². The van der Waals surface area contributed by atoms with Crippen molar-refractivity contribution >= 4 is 17.7 Å². The molecule has 2 heterocycles. The van der Waals surface area contributed by atoms with Gasteiger partial charge in [0.15, 0.2) is 0 Å². The molecule has 0 radical (unpaired) electrons. The van der Waals surface area contributed by atoms with E-state index in [-0.39, 0.29) is 12.3 Å². The van der Waals surface area contributed by atoms with E-state index in [1.54, 1.807) is 0 Å². The summed E-state index contributed by atoms with van der Waals surface area (Å²) in [5.41, 5.74) is 12.1. The topological polar surface area (TPSA) is 182 Å². The molecule has 0 saturated carbocycles. The van der Waals surface area contributed by atoms with Crippen LogP contribution in [0, 0.1) is 6.92 Å². The minimum Gasteiger partial charge on any atom is -0.391 e. The van der Waals surface area contributed by atoms with E-state index >= 15 is 0 Å². The number of hydrogen-bond donors (Lipinski definition) is 6. The number of nitrogens with one attached hydrogen (secondary N) is 1. The highest BCUT2D eigenvalue weighted by Crippen LogP contribution is 2.36. The summed E-state index contributed by atoms with van der Waals surface area (Å²) >= 11 is 0. The van der Waals surface area contributed by atoms with E-state index in [2.05, 4.69) is 5.32 Å². The quantitative estimate of drug-likeness (QED) is 0.219. The average molecular weight is 520 g/mol. The number of hydrogen-bond acceptors (Lipinski definition) is 8. The fourth-order valence-electron chi connectivity index (χ4n) is 5.50. The third kappa shape index (κ3) is 6.12. The van der Waals surface area contributed by atoms with Crippen molar-refractivity contribution in [3.05, 3.63) is 35.4 Å². The lowest BCUT2D eigenvalue weighted by atomic mass is 9.85. The lowest BCUT2D eigenvalue weighted by Crippen LogP contribution is -2.65. The molecule has 3 rings (SSSR count). The third-order valence-electron chi connectivity index (χ3n) is 7.57. The van der Waals surface area contributed by atoms with Gasteiger partial charge in [0.25, 0.3) is 0 Å². The summed E-state index contributed by atoms with van der Waals surface area (Å²) < 4.78 is 0. The van der Waals surface area contributed by atoms with Gasteiger partial charge in [-0.3, -0.25) is 14.4 Å². The van der Waals surface area contributed by atoms with Crippen LogP contribution in [-0.4, -0.2) is 98.0 Å². The second-order valence-corrected chi connectivity index (χ2v) is 10.5. The van der Waals surface area contributed by atoms with Crippen LogP contribution in [0.4, 0.5) is 0 Å². The number of aliphatic hydroxyl groups is 3. The molecule has 8 N–H and O–H groups in total. The first-order valence-electron chi connectivity index (χ1n) is 12.9. The van der Waals surface area contributed by atoms with Gasteiger partial charge in [-0.15, -0.1) is 0 Å². The summed E-state index contributed by atoms with van der Waals surface area (Å²) in [5, 5.41) is 32.6. The maximum absolute atomic E-state index is 14.0. The minimum absolute atomic E-state index is 0.216. The highest BCUT2D eigenvalue weighted by Gasteiger charge is 2.53. The van der Waals surface area contributed by atoms with Gasteiger partial charge in [-0.2, -0.15) is 0 Å². The Balaban J connectivity index is 1.98. The molecular formula is C26H41N5O6. The second-order valence-electron chi connectivity index (χ2n) is 10.5. The van der Waals surface area contributed by atoms with Crippen LogP contribution in [0.15, 0.2) is 24.3 Å². The molecule has 7 atom stereocenters. The van der Waals surface area contributed by atoms with Gasteiger partial charge < -0.3 is 41.9 Å². The predicted octanol–water partition coefficient (Wildman–Crippen LogP) is -1.26. The molecule has 2 fully saturated rings. The van der Waals surface area contributed by atoms with Crippen LogP contribution < -0.4 is 16.8 Å². The number of amides is 3. The number of nitrogens with zero attached hydrogens (tertiary/aromatic N) is 2. The van der Waals surface area contributed by atoms with Crippen LogP contribution in [0.25, 0.3) is 0 Å². The van der Waals surface area contributed by atoms with Crippen molar-refractivity contribution in [2.24, 2.45) is 11.5 Å². The smallest absolute Gasteiger partial charge is 0.246 e. The number of benzene rings is 1. The van der Waals surface area contributed by atoms with E-state index in [1.165, 1.54) is 23.6 Å². The molecule has 0 bridgehead atoms. The van der Waals surface area contributed by atoms with E-state index in [1.807, 2.05) is 31.2 Å². The molecular weight excluding hydrogens is 478 g/mol. The van der Waals surface area contributed by atoms with Crippen molar-refractivity contribution in [1.82, 2.24) is 15.1 Å². The number of carbonyl (C=O) groups excluding carboxylic acids is 3. The summed E-state index contributed by atoms with van der Waals surface area (Å²) in [6.45, 7) is 5.43. The van der Waals surface area contributed by atoms with Gasteiger partial charge in [0.1, 0.15) is 23.9 Å². The van der Waals surface area contributed by atoms with Crippen LogP contribution in [-0.2, 0) is 20.8 Å². The Kier molecular flexibility index (Phi) is 9.30. The highest BCUT2D eigenvalue weighted by atomic mass is 16.3. The van der Waals surface area contributed by atoms with Gasteiger partial charge in [-0.25, -0.2) is 0 Å². The number of likely N-dealkylation sites (tertiary alicyclic amines) is 2. The Morgan fingerprint density at radius 3 is 2.41 bits per heavy atom. The van der Waals surface area contributed by atoms with Gasteiger partial charge in [0.05, 0.1) is 18.2 Å². The van der Waals surface area contributed by atoms with Gasteiger partial charge >= 0.3 is 0 Å². The molecule has 11 heteroatoms. The van der Waals surface area contributed by atoms with Crippen LogP contribution in [0.2, 0.25) is 0 Å². The number of rotatable bonds is 9. The number of aryl methyl sites for hydroxylation is 1. The lowest BCUT2D eigenvalue weighted by molar-refractivity contribution is -0.152. The fraction of sp³-hybridized carbons (Fsp3) is 0.654. The van der Waals surface area contributed by atoms with Crippen molar-refractivity contribution in [3.63, 3.8) is 0 Å². The van der Waals surface area contributed by atoms with E-state index in [0.29, 0.717) is 38.8 Å². The lowest BCUT2D eigenvalue weighted by Gasteiger charge is -2.41. The van der Waals surface area contributed by atoms with Crippen molar-refractivity contribution in [3.8, 4) is 0 Å². The largest absolute Gasteiger partial charge is 0.391 e. The van der Waals surface area contributed by atoms with Crippen molar-refractivity contribution in [2.75, 3.05) is 13.1 Å². The standard InChI is InChI=1S/C26H41N5O6/c1-15-7-4-8-18(13-15)14-26(25(37)29-21(17(3)33)22(28)34)10-6-12-31(26)23(35)19-9-5-11-30(19)24(36)20(27)16(2)32/h4,7-8,13,16-17,19-22,32-34H,5-6,9-12,14,27-28H2,1-3H3,(H,29,37). The molecule has 3 amide bonds. The number of aliphatic hydroxyl groups excluding tert-OH is 3. The van der Waals surface area contributed by atoms with Gasteiger partial charge in [0.2, 0.25) is 17.7 Å². The van der Waals surface area contributed by atoms with Crippen molar-refractivity contribution in [2.45, 2.75) is 95.0 Å². The van der Waals surface area contributed by atoms with E-state index < -0.39 is 53.9 Å². The number of nitrogens with two attached hydrogens (primary N) is 2. The molecule has 1 aromatic carbocycles. The third-order valence-corrected chi connectivity index (χ3v) is 7.57. The summed E-state index contributed by atoms with van der Waals surface area (Å²) in [7, 11) is 0. The van der Waals surface area contributed by atoms with Crippen LogP contribution >= 0.6 is 0 Å². The zero-order valence-corrected chi connectivity index (χ0v) is 21.8. The van der Waals surface area contributed by atoms with Crippen molar-refractivity contribution in [1.29, 1.82) is 0 Å². The Labute approximate surface area is 217 Å². The zero-order chi connectivity index (χ0) is 27.5. The maximum Gasteiger partial charge on any atom is 0.246 e. The minimum atomic E-state index is -1.50. The first-order chi connectivity index (χ1) is 17.4. The van der Waals surface area contributed by atoms with E-state index in [0.717, 1.165) is 11.1 Å². The van der Waals surface area contributed by atoms with Gasteiger partial charge in [-0.05, 0) is 52.0 Å². The second kappa shape index (κ2) is 11.9. The Morgan fingerprint density at radius 1 is 1.11 bits per heavy atom. The molecule has 206 valence electrons. The van der Waals surface area contributed by atoms with E-state index in [4.69, 9.17) is 11.5 Å². The summed E-state index contributed by atoms with van der Waals surface area (Å²) in [5.74, 6) is -1.38. The first kappa shape index (κ1) is 29.0. The molecule has 2 saturated heterocycles. The molecule has 37 heavy (non-hydrogen) atoms. The highest BCUT2D eigenvalue weighted by molar-refractivity contribution is 5.96. The zero-order valence-electron chi connectivity index (χ0n) is 21.8. The molecule has 0 aliphatic carbocycles. The fourth-order valence-corrected chi connectivity index (χ4v) is 5.50. The van der Waals surface area contributed by atoms with Crippen LogP contribution in [0.5, 0.6) is 0 Å². The van der Waals surface area contributed by atoms with E-state index in [9.17, 15) is 29.7 Å². The normalized spacial score (nSPS) is 25.9. The Hall–Kier alpha value is -2.57. The Morgan fingerprint density at radius 2 is 1.81 bits per heavy atom. The average Bonchev–Trinajstić information content (AvgIpc) is 3.48. The van der Waals surface area contributed by atoms with Crippen LogP contribution in [0.3, 0.4) is 0 Å².